The molecule has 7 heteroatoms. The Kier molecular flexibility index (Phi) is 6.29. The lowest BCUT2D eigenvalue weighted by molar-refractivity contribution is 0.0951. The first-order valence-electron chi connectivity index (χ1n) is 9.23. The molecule has 0 saturated heterocycles. The number of sulfone groups is 1. The van der Waals surface area contributed by atoms with Gasteiger partial charge in [-0.15, -0.1) is 0 Å². The number of nitrogens with zero attached hydrogens (tertiary/aromatic N) is 1. The number of carbonyl (C=O) groups excluding carboxylic acids is 1. The predicted octanol–water partition coefficient (Wildman–Crippen LogP) is 2.62. The third-order valence-corrected chi connectivity index (χ3v) is 6.33. The van der Waals surface area contributed by atoms with Crippen molar-refractivity contribution in [3.63, 3.8) is 0 Å². The lowest BCUT2D eigenvalue weighted by atomic mass is 10.1. The van der Waals surface area contributed by atoms with Gasteiger partial charge < -0.3 is 9.88 Å². The van der Waals surface area contributed by atoms with Gasteiger partial charge in [-0.3, -0.25) is 9.59 Å². The van der Waals surface area contributed by atoms with Gasteiger partial charge in [0.25, 0.3) is 11.5 Å². The van der Waals surface area contributed by atoms with Crippen molar-refractivity contribution in [3.8, 4) is 0 Å². The third kappa shape index (κ3) is 5.20. The van der Waals surface area contributed by atoms with Crippen LogP contribution >= 0.6 is 0 Å². The minimum absolute atomic E-state index is 0.0213. The summed E-state index contributed by atoms with van der Waals surface area (Å²) in [7, 11) is -3.28. The van der Waals surface area contributed by atoms with E-state index < -0.39 is 9.84 Å². The summed E-state index contributed by atoms with van der Waals surface area (Å²) in [5.74, 6) is -0.252. The van der Waals surface area contributed by atoms with Gasteiger partial charge in [0.05, 0.1) is 17.2 Å². The number of rotatable bonds is 7. The van der Waals surface area contributed by atoms with E-state index in [4.69, 9.17) is 0 Å². The first kappa shape index (κ1) is 20.5. The van der Waals surface area contributed by atoms with Gasteiger partial charge in [-0.05, 0) is 41.5 Å². The zero-order chi connectivity index (χ0) is 20.9. The maximum absolute atomic E-state index is 12.3. The highest BCUT2D eigenvalue weighted by molar-refractivity contribution is 7.91. The monoisotopic (exact) mass is 410 g/mol. The van der Waals surface area contributed by atoms with Crippen LogP contribution in [0.5, 0.6) is 0 Å². The summed E-state index contributed by atoms with van der Waals surface area (Å²) < 4.78 is 25.3. The van der Waals surface area contributed by atoms with Crippen molar-refractivity contribution >= 4 is 15.7 Å². The maximum atomic E-state index is 12.3. The maximum Gasteiger partial charge on any atom is 0.251 e. The van der Waals surface area contributed by atoms with E-state index in [0.717, 1.165) is 11.1 Å². The first-order valence-corrected chi connectivity index (χ1v) is 10.9. The van der Waals surface area contributed by atoms with Crippen LogP contribution in [0.4, 0.5) is 0 Å². The van der Waals surface area contributed by atoms with Gasteiger partial charge >= 0.3 is 0 Å². The molecule has 0 atom stereocenters. The Morgan fingerprint density at radius 3 is 2.21 bits per heavy atom. The second kappa shape index (κ2) is 8.87. The summed E-state index contributed by atoms with van der Waals surface area (Å²) in [4.78, 5) is 24.3. The summed E-state index contributed by atoms with van der Waals surface area (Å²) >= 11 is 0. The number of pyridine rings is 1. The Morgan fingerprint density at radius 2 is 1.59 bits per heavy atom. The van der Waals surface area contributed by atoms with E-state index in [9.17, 15) is 18.0 Å². The van der Waals surface area contributed by atoms with Crippen LogP contribution in [0.2, 0.25) is 0 Å². The Hall–Kier alpha value is -3.19. The van der Waals surface area contributed by atoms with E-state index in [2.05, 4.69) is 5.32 Å². The van der Waals surface area contributed by atoms with Crippen molar-refractivity contribution in [2.75, 3.05) is 5.75 Å². The molecule has 0 radical (unpaired) electrons. The van der Waals surface area contributed by atoms with Gasteiger partial charge in [-0.1, -0.05) is 37.3 Å². The Balaban J connectivity index is 1.59. The smallest absolute Gasteiger partial charge is 0.251 e. The standard InChI is InChI=1S/C22H22N2O4S/c1-2-29(27,28)20-12-10-19(11-13-20)22(26)23-15-17-6-8-18(9-7-17)16-24-14-4-3-5-21(24)25/h3-14H,2,15-16H2,1H3,(H,23,26). The van der Waals surface area contributed by atoms with Gasteiger partial charge in [0.15, 0.2) is 9.84 Å². The molecule has 0 aliphatic heterocycles. The van der Waals surface area contributed by atoms with Gasteiger partial charge in [0.1, 0.15) is 0 Å². The van der Waals surface area contributed by atoms with Crippen LogP contribution in [0.1, 0.15) is 28.4 Å². The molecule has 0 bridgehead atoms. The zero-order valence-corrected chi connectivity index (χ0v) is 16.9. The quantitative estimate of drug-likeness (QED) is 0.649. The summed E-state index contributed by atoms with van der Waals surface area (Å²) in [5, 5.41) is 2.82. The molecule has 1 aromatic heterocycles. The van der Waals surface area contributed by atoms with Crippen molar-refractivity contribution < 1.29 is 13.2 Å². The summed E-state index contributed by atoms with van der Waals surface area (Å²) in [6.45, 7) is 2.41. The fourth-order valence-corrected chi connectivity index (χ4v) is 3.70. The average molecular weight is 410 g/mol. The van der Waals surface area contributed by atoms with Crippen molar-refractivity contribution in [1.29, 1.82) is 0 Å². The summed E-state index contributed by atoms with van der Waals surface area (Å²) in [6.07, 6.45) is 1.74. The van der Waals surface area contributed by atoms with Crippen LogP contribution in [0.25, 0.3) is 0 Å². The number of hydrogen-bond donors (Lipinski definition) is 1. The molecule has 29 heavy (non-hydrogen) atoms. The highest BCUT2D eigenvalue weighted by Crippen LogP contribution is 2.13. The first-order chi connectivity index (χ1) is 13.9. The van der Waals surface area contributed by atoms with Gasteiger partial charge in [0, 0.05) is 24.4 Å². The molecule has 1 amide bonds. The van der Waals surface area contributed by atoms with Crippen LogP contribution < -0.4 is 10.9 Å². The number of carbonyl (C=O) groups is 1. The number of benzene rings is 2. The zero-order valence-electron chi connectivity index (χ0n) is 16.0. The molecule has 3 aromatic rings. The Bertz CT molecular complexity index is 1150. The second-order valence-electron chi connectivity index (χ2n) is 6.59. The molecule has 6 nitrogen and oxygen atoms in total. The third-order valence-electron chi connectivity index (χ3n) is 4.58. The van der Waals surface area contributed by atoms with E-state index >= 15 is 0 Å². The summed E-state index contributed by atoms with van der Waals surface area (Å²) in [5.41, 5.74) is 2.26. The van der Waals surface area contributed by atoms with E-state index in [1.165, 1.54) is 30.3 Å². The highest BCUT2D eigenvalue weighted by Gasteiger charge is 2.12. The molecule has 0 unspecified atom stereocenters. The fraction of sp³-hybridized carbons (Fsp3) is 0.182. The van der Waals surface area contributed by atoms with Crippen molar-refractivity contribution in [3.05, 3.63) is 100.0 Å². The molecule has 2 aromatic carbocycles. The van der Waals surface area contributed by atoms with Crippen LogP contribution in [-0.2, 0) is 22.9 Å². The Labute approximate surface area is 169 Å². The number of aromatic nitrogens is 1. The van der Waals surface area contributed by atoms with Crippen LogP contribution in [0.3, 0.4) is 0 Å². The number of amides is 1. The lowest BCUT2D eigenvalue weighted by Gasteiger charge is -2.08. The van der Waals surface area contributed by atoms with E-state index in [1.807, 2.05) is 30.3 Å². The van der Waals surface area contributed by atoms with Crippen molar-refractivity contribution in [1.82, 2.24) is 9.88 Å². The van der Waals surface area contributed by atoms with Gasteiger partial charge in [-0.25, -0.2) is 8.42 Å². The molecule has 150 valence electrons. The minimum Gasteiger partial charge on any atom is -0.348 e. The lowest BCUT2D eigenvalue weighted by Crippen LogP contribution is -2.23. The van der Waals surface area contributed by atoms with Gasteiger partial charge in [0.2, 0.25) is 0 Å². The van der Waals surface area contributed by atoms with Gasteiger partial charge in [-0.2, -0.15) is 0 Å². The molecular formula is C22H22N2O4S. The average Bonchev–Trinajstić information content (AvgIpc) is 2.74. The molecule has 0 fully saturated rings. The Morgan fingerprint density at radius 1 is 0.931 bits per heavy atom. The van der Waals surface area contributed by atoms with Crippen molar-refractivity contribution in [2.24, 2.45) is 0 Å². The minimum atomic E-state index is -3.28. The summed E-state index contributed by atoms with van der Waals surface area (Å²) in [6, 6.07) is 18.6. The predicted molar refractivity (Wildman–Crippen MR) is 112 cm³/mol. The molecule has 0 spiro atoms. The molecule has 1 N–H and O–H groups in total. The second-order valence-corrected chi connectivity index (χ2v) is 8.87. The molecule has 0 aliphatic rings. The van der Waals surface area contributed by atoms with Crippen molar-refractivity contribution in [2.45, 2.75) is 24.9 Å². The highest BCUT2D eigenvalue weighted by atomic mass is 32.2. The normalized spacial score (nSPS) is 11.2. The SMILES string of the molecule is CCS(=O)(=O)c1ccc(C(=O)NCc2ccc(Cn3ccccc3=O)cc2)cc1. The molecule has 1 heterocycles. The topological polar surface area (TPSA) is 85.2 Å². The van der Waals surface area contributed by atoms with E-state index in [1.54, 1.807) is 23.8 Å². The molecule has 0 aliphatic carbocycles. The van der Waals surface area contributed by atoms with Crippen LogP contribution in [0.15, 0.2) is 82.6 Å². The number of nitrogens with one attached hydrogen (secondary N) is 1. The van der Waals surface area contributed by atoms with E-state index in [0.29, 0.717) is 18.7 Å². The molecule has 3 rings (SSSR count). The van der Waals surface area contributed by atoms with E-state index in [-0.39, 0.29) is 22.1 Å². The van der Waals surface area contributed by atoms with Crippen LogP contribution in [-0.4, -0.2) is 24.6 Å². The molecule has 0 saturated carbocycles. The van der Waals surface area contributed by atoms with Crippen LogP contribution in [0, 0.1) is 0 Å². The largest absolute Gasteiger partial charge is 0.348 e. The fourth-order valence-electron chi connectivity index (χ4n) is 2.82. The molecular weight excluding hydrogens is 388 g/mol. The number of hydrogen-bond acceptors (Lipinski definition) is 4.